The van der Waals surface area contributed by atoms with Crippen molar-refractivity contribution < 1.29 is 14.0 Å². The molecule has 0 aromatic heterocycles. The minimum atomic E-state index is -0.432. The molecule has 0 spiro atoms. The molecule has 0 aromatic carbocycles. The maximum Gasteiger partial charge on any atom is 0.640 e. The van der Waals surface area contributed by atoms with Gasteiger partial charge in [0.1, 0.15) is 0 Å². The quantitative estimate of drug-likeness (QED) is 0.442. The van der Waals surface area contributed by atoms with E-state index in [1.807, 2.05) is 0 Å². The fraction of sp³-hybridized carbons (Fsp3) is 1.00. The molecule has 3 aliphatic rings. The van der Waals surface area contributed by atoms with Gasteiger partial charge in [-0.3, -0.25) is 0 Å². The molecular formula is C24H45BO3. The first kappa shape index (κ1) is 22.6. The Balaban J connectivity index is 1.56. The van der Waals surface area contributed by atoms with E-state index < -0.39 is 7.32 Å². The standard InChI is InChI=1S/C24H45BO3/c1-4-10-16-22(17-11-5-1)26-25(27-23-18-12-6-2-7-13-19-23)28-24-20-14-8-3-9-15-21-24/h22-24H,1-21H2. The van der Waals surface area contributed by atoms with Crippen molar-refractivity contribution in [3.63, 3.8) is 0 Å². The van der Waals surface area contributed by atoms with E-state index in [-0.39, 0.29) is 0 Å². The summed E-state index contributed by atoms with van der Waals surface area (Å²) in [6.07, 6.45) is 28.2. The van der Waals surface area contributed by atoms with Crippen molar-refractivity contribution in [1.29, 1.82) is 0 Å². The van der Waals surface area contributed by atoms with Crippen LogP contribution in [0, 0.1) is 0 Å². The second-order valence-corrected chi connectivity index (χ2v) is 9.60. The van der Waals surface area contributed by atoms with Gasteiger partial charge in [-0.05, 0) is 38.5 Å². The summed E-state index contributed by atoms with van der Waals surface area (Å²) >= 11 is 0. The average molecular weight is 392 g/mol. The van der Waals surface area contributed by atoms with Crippen LogP contribution in [0.25, 0.3) is 0 Å². The Bertz CT molecular complexity index is 311. The van der Waals surface area contributed by atoms with Crippen molar-refractivity contribution in [3.8, 4) is 0 Å². The first-order valence-corrected chi connectivity index (χ1v) is 12.9. The number of hydrogen-bond acceptors (Lipinski definition) is 3. The lowest BCUT2D eigenvalue weighted by atomic mass is 9.95. The molecule has 0 saturated heterocycles. The van der Waals surface area contributed by atoms with Gasteiger partial charge in [0.25, 0.3) is 0 Å². The third-order valence-corrected chi connectivity index (χ3v) is 7.07. The maximum atomic E-state index is 6.53. The minimum Gasteiger partial charge on any atom is -0.383 e. The van der Waals surface area contributed by atoms with Crippen LogP contribution in [-0.2, 0) is 14.0 Å². The zero-order valence-corrected chi connectivity index (χ0v) is 18.4. The Morgan fingerprint density at radius 2 is 0.536 bits per heavy atom. The second-order valence-electron chi connectivity index (χ2n) is 9.60. The summed E-state index contributed by atoms with van der Waals surface area (Å²) in [5.41, 5.74) is 0. The summed E-state index contributed by atoms with van der Waals surface area (Å²) < 4.78 is 19.6. The van der Waals surface area contributed by atoms with Crippen LogP contribution in [0.2, 0.25) is 0 Å². The van der Waals surface area contributed by atoms with Gasteiger partial charge in [-0.15, -0.1) is 0 Å². The molecule has 0 aliphatic heterocycles. The lowest BCUT2D eigenvalue weighted by Crippen LogP contribution is -2.39. The molecule has 0 amide bonds. The summed E-state index contributed by atoms with van der Waals surface area (Å²) in [5, 5.41) is 0. The Hall–Kier alpha value is -0.0551. The zero-order chi connectivity index (χ0) is 19.3. The average Bonchev–Trinajstić information content (AvgIpc) is 2.61. The molecule has 0 aromatic rings. The van der Waals surface area contributed by atoms with E-state index in [1.54, 1.807) is 0 Å². The van der Waals surface area contributed by atoms with Gasteiger partial charge in [0.2, 0.25) is 0 Å². The van der Waals surface area contributed by atoms with Crippen LogP contribution >= 0.6 is 0 Å². The minimum absolute atomic E-state index is 0.326. The van der Waals surface area contributed by atoms with Gasteiger partial charge in [0, 0.05) is 18.3 Å². The SMILES string of the molecule is C1CCCC(OB(OC2CCCCCCC2)OC2CCCCCCC2)CCC1. The molecule has 3 aliphatic carbocycles. The molecule has 0 unspecified atom stereocenters. The highest BCUT2D eigenvalue weighted by Crippen LogP contribution is 2.26. The smallest absolute Gasteiger partial charge is 0.383 e. The van der Waals surface area contributed by atoms with Crippen molar-refractivity contribution in [2.45, 2.75) is 153 Å². The van der Waals surface area contributed by atoms with Crippen molar-refractivity contribution in [3.05, 3.63) is 0 Å². The summed E-state index contributed by atoms with van der Waals surface area (Å²) in [5.74, 6) is 0. The molecule has 3 nitrogen and oxygen atoms in total. The third-order valence-electron chi connectivity index (χ3n) is 7.07. The fourth-order valence-corrected chi connectivity index (χ4v) is 5.23. The molecule has 3 rings (SSSR count). The van der Waals surface area contributed by atoms with Crippen molar-refractivity contribution in [2.24, 2.45) is 0 Å². The summed E-state index contributed by atoms with van der Waals surface area (Å²) in [6.45, 7) is 0. The van der Waals surface area contributed by atoms with Crippen LogP contribution in [-0.4, -0.2) is 25.6 Å². The Kier molecular flexibility index (Phi) is 11.3. The molecule has 3 saturated carbocycles. The lowest BCUT2D eigenvalue weighted by Gasteiger charge is -2.30. The van der Waals surface area contributed by atoms with Gasteiger partial charge in [-0.2, -0.15) is 0 Å². The normalized spacial score (nSPS) is 25.7. The first-order chi connectivity index (χ1) is 13.9. The molecule has 0 heterocycles. The number of hydrogen-bond donors (Lipinski definition) is 0. The van der Waals surface area contributed by atoms with Gasteiger partial charge >= 0.3 is 7.32 Å². The highest BCUT2D eigenvalue weighted by atomic mass is 16.7. The van der Waals surface area contributed by atoms with E-state index in [9.17, 15) is 0 Å². The highest BCUT2D eigenvalue weighted by Gasteiger charge is 2.32. The largest absolute Gasteiger partial charge is 0.640 e. The van der Waals surface area contributed by atoms with E-state index >= 15 is 0 Å². The van der Waals surface area contributed by atoms with E-state index in [1.165, 1.54) is 135 Å². The molecule has 0 bridgehead atoms. The van der Waals surface area contributed by atoms with Gasteiger partial charge in [-0.25, -0.2) is 0 Å². The van der Waals surface area contributed by atoms with Crippen LogP contribution in [0.5, 0.6) is 0 Å². The van der Waals surface area contributed by atoms with E-state index in [0.29, 0.717) is 18.3 Å². The Morgan fingerprint density at radius 3 is 0.786 bits per heavy atom. The lowest BCUT2D eigenvalue weighted by molar-refractivity contribution is -0.00881. The van der Waals surface area contributed by atoms with E-state index in [0.717, 1.165) is 0 Å². The molecule has 4 heteroatoms. The molecular weight excluding hydrogens is 347 g/mol. The van der Waals surface area contributed by atoms with Crippen LogP contribution in [0.3, 0.4) is 0 Å². The predicted octanol–water partition coefficient (Wildman–Crippen LogP) is 7.36. The number of rotatable bonds is 6. The molecule has 28 heavy (non-hydrogen) atoms. The molecule has 0 atom stereocenters. The van der Waals surface area contributed by atoms with E-state index in [2.05, 4.69) is 0 Å². The molecule has 0 N–H and O–H groups in total. The maximum absolute atomic E-state index is 6.53. The van der Waals surface area contributed by atoms with Crippen LogP contribution < -0.4 is 0 Å². The van der Waals surface area contributed by atoms with Crippen LogP contribution in [0.1, 0.15) is 135 Å². The van der Waals surface area contributed by atoms with Gasteiger partial charge < -0.3 is 14.0 Å². The second kappa shape index (κ2) is 14.0. The van der Waals surface area contributed by atoms with Gasteiger partial charge in [-0.1, -0.05) is 96.3 Å². The molecule has 3 fully saturated rings. The van der Waals surface area contributed by atoms with Crippen LogP contribution in [0.15, 0.2) is 0 Å². The van der Waals surface area contributed by atoms with Crippen molar-refractivity contribution in [2.75, 3.05) is 0 Å². The van der Waals surface area contributed by atoms with Crippen molar-refractivity contribution in [1.82, 2.24) is 0 Å². The summed E-state index contributed by atoms with van der Waals surface area (Å²) in [7, 11) is -0.432. The molecule has 162 valence electrons. The predicted molar refractivity (Wildman–Crippen MR) is 117 cm³/mol. The molecule has 0 radical (unpaired) electrons. The summed E-state index contributed by atoms with van der Waals surface area (Å²) in [6, 6.07) is 0. The van der Waals surface area contributed by atoms with E-state index in [4.69, 9.17) is 14.0 Å². The monoisotopic (exact) mass is 392 g/mol. The topological polar surface area (TPSA) is 27.7 Å². The van der Waals surface area contributed by atoms with Gasteiger partial charge in [0.05, 0.1) is 0 Å². The summed E-state index contributed by atoms with van der Waals surface area (Å²) in [4.78, 5) is 0. The Morgan fingerprint density at radius 1 is 0.321 bits per heavy atom. The zero-order valence-electron chi connectivity index (χ0n) is 18.4. The fourth-order valence-electron chi connectivity index (χ4n) is 5.23. The Labute approximate surface area is 174 Å². The third kappa shape index (κ3) is 9.18. The van der Waals surface area contributed by atoms with Gasteiger partial charge in [0.15, 0.2) is 0 Å². The van der Waals surface area contributed by atoms with Crippen molar-refractivity contribution >= 4 is 7.32 Å². The van der Waals surface area contributed by atoms with Crippen LogP contribution in [0.4, 0.5) is 0 Å². The highest BCUT2D eigenvalue weighted by molar-refractivity contribution is 6.36. The first-order valence-electron chi connectivity index (χ1n) is 12.9.